The first-order valence-corrected chi connectivity index (χ1v) is 9.59. The van der Waals surface area contributed by atoms with Crippen LogP contribution in [0.3, 0.4) is 0 Å². The van der Waals surface area contributed by atoms with Gasteiger partial charge in [0.25, 0.3) is 0 Å². The highest BCUT2D eigenvalue weighted by molar-refractivity contribution is 6.30. The molecule has 0 aliphatic carbocycles. The van der Waals surface area contributed by atoms with Crippen molar-refractivity contribution in [2.75, 3.05) is 11.9 Å². The van der Waals surface area contributed by atoms with E-state index in [4.69, 9.17) is 11.6 Å². The van der Waals surface area contributed by atoms with E-state index in [0.717, 1.165) is 11.3 Å². The summed E-state index contributed by atoms with van der Waals surface area (Å²) in [4.78, 5) is 12.6. The number of hydrogen-bond acceptors (Lipinski definition) is 2. The van der Waals surface area contributed by atoms with Crippen molar-refractivity contribution in [2.45, 2.75) is 52.5 Å². The third kappa shape index (κ3) is 5.33. The Balaban J connectivity index is 2.06. The Bertz CT molecular complexity index is 712. The summed E-state index contributed by atoms with van der Waals surface area (Å²) in [5.74, 6) is 0.677. The standard InChI is InChI=1S/C22H29ClN2O/c1-14(2)19-7-6-8-20(15(3)4)22(19)25-21(26)13-24-16(5)17-9-11-18(23)12-10-17/h6-12,14-16,24H,13H2,1-5H3,(H,25,26). The number of para-hydroxylation sites is 1. The number of hydrogen-bond donors (Lipinski definition) is 2. The van der Waals surface area contributed by atoms with Gasteiger partial charge in [-0.25, -0.2) is 0 Å². The fraction of sp³-hybridized carbons (Fsp3) is 0.409. The molecule has 0 heterocycles. The van der Waals surface area contributed by atoms with E-state index in [1.807, 2.05) is 31.2 Å². The Morgan fingerprint density at radius 1 is 0.923 bits per heavy atom. The van der Waals surface area contributed by atoms with E-state index in [9.17, 15) is 4.79 Å². The van der Waals surface area contributed by atoms with Gasteiger partial charge in [-0.2, -0.15) is 0 Å². The van der Waals surface area contributed by atoms with Crippen LogP contribution in [0.15, 0.2) is 42.5 Å². The summed E-state index contributed by atoms with van der Waals surface area (Å²) in [6, 6.07) is 14.0. The number of anilines is 1. The van der Waals surface area contributed by atoms with Crippen LogP contribution in [0.1, 0.15) is 69.2 Å². The average molecular weight is 373 g/mol. The summed E-state index contributed by atoms with van der Waals surface area (Å²) in [6.07, 6.45) is 0. The number of nitrogens with one attached hydrogen (secondary N) is 2. The number of carbonyl (C=O) groups is 1. The van der Waals surface area contributed by atoms with Crippen LogP contribution in [0, 0.1) is 0 Å². The molecule has 0 spiro atoms. The second kappa shape index (κ2) is 9.20. The first kappa shape index (κ1) is 20.5. The van der Waals surface area contributed by atoms with E-state index in [1.54, 1.807) is 0 Å². The number of benzene rings is 2. The lowest BCUT2D eigenvalue weighted by atomic mass is 9.92. The molecular weight excluding hydrogens is 344 g/mol. The van der Waals surface area contributed by atoms with Crippen molar-refractivity contribution in [2.24, 2.45) is 0 Å². The molecule has 2 aromatic rings. The van der Waals surface area contributed by atoms with Crippen molar-refractivity contribution < 1.29 is 4.79 Å². The Kier molecular flexibility index (Phi) is 7.24. The third-order valence-electron chi connectivity index (χ3n) is 4.58. The minimum atomic E-state index is -0.0270. The molecule has 0 radical (unpaired) electrons. The topological polar surface area (TPSA) is 41.1 Å². The number of amides is 1. The minimum Gasteiger partial charge on any atom is -0.324 e. The van der Waals surface area contributed by atoms with Crippen LogP contribution in [-0.4, -0.2) is 12.5 Å². The molecule has 1 unspecified atom stereocenters. The van der Waals surface area contributed by atoms with E-state index in [2.05, 4.69) is 56.5 Å². The Morgan fingerprint density at radius 2 is 1.46 bits per heavy atom. The van der Waals surface area contributed by atoms with Crippen molar-refractivity contribution in [3.8, 4) is 0 Å². The van der Waals surface area contributed by atoms with Crippen LogP contribution in [-0.2, 0) is 4.79 Å². The second-order valence-corrected chi connectivity index (χ2v) is 7.76. The SMILES string of the molecule is CC(C)c1cccc(C(C)C)c1NC(=O)CNC(C)c1ccc(Cl)cc1. The highest BCUT2D eigenvalue weighted by atomic mass is 35.5. The van der Waals surface area contributed by atoms with Crippen LogP contribution in [0.5, 0.6) is 0 Å². The molecule has 2 N–H and O–H groups in total. The zero-order valence-corrected chi connectivity index (χ0v) is 17.0. The minimum absolute atomic E-state index is 0.0270. The molecule has 0 saturated heterocycles. The monoisotopic (exact) mass is 372 g/mol. The molecule has 26 heavy (non-hydrogen) atoms. The first-order chi connectivity index (χ1) is 12.3. The predicted molar refractivity (Wildman–Crippen MR) is 111 cm³/mol. The highest BCUT2D eigenvalue weighted by Crippen LogP contribution is 2.32. The Hall–Kier alpha value is -1.84. The van der Waals surface area contributed by atoms with Crippen molar-refractivity contribution in [1.82, 2.24) is 5.32 Å². The van der Waals surface area contributed by atoms with Gasteiger partial charge in [0.05, 0.1) is 6.54 Å². The number of rotatable bonds is 7. The maximum absolute atomic E-state index is 12.6. The lowest BCUT2D eigenvalue weighted by Crippen LogP contribution is -2.30. The fourth-order valence-corrected chi connectivity index (χ4v) is 3.12. The molecule has 2 aromatic carbocycles. The summed E-state index contributed by atoms with van der Waals surface area (Å²) in [5, 5.41) is 7.13. The normalized spacial score (nSPS) is 12.5. The first-order valence-electron chi connectivity index (χ1n) is 9.21. The van der Waals surface area contributed by atoms with Crippen LogP contribution in [0.4, 0.5) is 5.69 Å². The van der Waals surface area contributed by atoms with Crippen molar-refractivity contribution in [1.29, 1.82) is 0 Å². The predicted octanol–water partition coefficient (Wildman–Crippen LogP) is 5.88. The molecule has 1 amide bonds. The van der Waals surface area contributed by atoms with Crippen molar-refractivity contribution in [3.63, 3.8) is 0 Å². The fourth-order valence-electron chi connectivity index (χ4n) is 2.99. The number of carbonyl (C=O) groups excluding carboxylic acids is 1. The van der Waals surface area contributed by atoms with Gasteiger partial charge in [-0.1, -0.05) is 69.6 Å². The maximum Gasteiger partial charge on any atom is 0.238 e. The van der Waals surface area contributed by atoms with E-state index in [-0.39, 0.29) is 18.5 Å². The molecule has 140 valence electrons. The highest BCUT2D eigenvalue weighted by Gasteiger charge is 2.16. The van der Waals surface area contributed by atoms with Gasteiger partial charge >= 0.3 is 0 Å². The van der Waals surface area contributed by atoms with E-state index in [1.165, 1.54) is 11.1 Å². The quantitative estimate of drug-likeness (QED) is 0.637. The summed E-state index contributed by atoms with van der Waals surface area (Å²) in [7, 11) is 0. The Morgan fingerprint density at radius 3 is 1.96 bits per heavy atom. The molecule has 0 saturated carbocycles. The van der Waals surface area contributed by atoms with Crippen molar-refractivity contribution >= 4 is 23.2 Å². The Labute approximate surface area is 162 Å². The van der Waals surface area contributed by atoms with Gasteiger partial charge in [0.2, 0.25) is 5.91 Å². The number of halogens is 1. The van der Waals surface area contributed by atoms with Crippen LogP contribution >= 0.6 is 11.6 Å². The maximum atomic E-state index is 12.6. The van der Waals surface area contributed by atoms with Crippen molar-refractivity contribution in [3.05, 3.63) is 64.2 Å². The lowest BCUT2D eigenvalue weighted by Gasteiger charge is -2.21. The van der Waals surface area contributed by atoms with Crippen LogP contribution in [0.2, 0.25) is 5.02 Å². The molecule has 3 nitrogen and oxygen atoms in total. The summed E-state index contributed by atoms with van der Waals surface area (Å²) < 4.78 is 0. The second-order valence-electron chi connectivity index (χ2n) is 7.32. The molecule has 0 aromatic heterocycles. The van der Waals surface area contributed by atoms with Gasteiger partial charge in [0.1, 0.15) is 0 Å². The molecular formula is C22H29ClN2O. The molecule has 4 heteroatoms. The van der Waals surface area contributed by atoms with Gasteiger partial charge < -0.3 is 10.6 Å². The van der Waals surface area contributed by atoms with Gasteiger partial charge in [-0.3, -0.25) is 4.79 Å². The zero-order chi connectivity index (χ0) is 19.3. The average Bonchev–Trinajstić information content (AvgIpc) is 2.60. The molecule has 1 atom stereocenters. The van der Waals surface area contributed by atoms with Gasteiger partial charge in [0.15, 0.2) is 0 Å². The third-order valence-corrected chi connectivity index (χ3v) is 4.83. The van der Waals surface area contributed by atoms with Gasteiger partial charge in [-0.05, 0) is 47.6 Å². The van der Waals surface area contributed by atoms with E-state index >= 15 is 0 Å². The van der Waals surface area contributed by atoms with Crippen LogP contribution in [0.25, 0.3) is 0 Å². The summed E-state index contributed by atoms with van der Waals surface area (Å²) in [5.41, 5.74) is 4.42. The molecule has 0 aliphatic rings. The van der Waals surface area contributed by atoms with Gasteiger partial charge in [-0.15, -0.1) is 0 Å². The molecule has 0 fully saturated rings. The lowest BCUT2D eigenvalue weighted by molar-refractivity contribution is -0.115. The smallest absolute Gasteiger partial charge is 0.238 e. The molecule has 2 rings (SSSR count). The zero-order valence-electron chi connectivity index (χ0n) is 16.3. The van der Waals surface area contributed by atoms with Gasteiger partial charge in [0, 0.05) is 16.8 Å². The summed E-state index contributed by atoms with van der Waals surface area (Å²) >= 11 is 5.93. The molecule has 0 aliphatic heterocycles. The van der Waals surface area contributed by atoms with E-state index in [0.29, 0.717) is 16.9 Å². The van der Waals surface area contributed by atoms with E-state index < -0.39 is 0 Å². The summed E-state index contributed by atoms with van der Waals surface area (Å²) in [6.45, 7) is 10.9. The van der Waals surface area contributed by atoms with Crippen LogP contribution < -0.4 is 10.6 Å². The molecule has 0 bridgehead atoms. The largest absolute Gasteiger partial charge is 0.324 e.